The summed E-state index contributed by atoms with van der Waals surface area (Å²) in [5, 5.41) is 0. The predicted molar refractivity (Wildman–Crippen MR) is 70.6 cm³/mol. The summed E-state index contributed by atoms with van der Waals surface area (Å²) in [6, 6.07) is 11.6. The summed E-state index contributed by atoms with van der Waals surface area (Å²) in [7, 11) is 1.66. The molecule has 1 heterocycles. The predicted octanol–water partition coefficient (Wildman–Crippen LogP) is 2.84. The lowest BCUT2D eigenvalue weighted by molar-refractivity contribution is 0.415. The van der Waals surface area contributed by atoms with Gasteiger partial charge in [0.25, 0.3) is 0 Å². The molecule has 0 aliphatic carbocycles. The Morgan fingerprint density at radius 1 is 1.00 bits per heavy atom. The van der Waals surface area contributed by atoms with Gasteiger partial charge in [-0.3, -0.25) is 0 Å². The molecule has 3 nitrogen and oxygen atoms in total. The number of hydrogen-bond donors (Lipinski definition) is 1. The maximum Gasteiger partial charge on any atom is 0.123 e. The summed E-state index contributed by atoms with van der Waals surface area (Å²) < 4.78 is 5.10. The molecule has 0 saturated heterocycles. The van der Waals surface area contributed by atoms with Crippen LogP contribution in [0.3, 0.4) is 0 Å². The topological polar surface area (TPSA) is 48.1 Å². The number of nitrogens with zero attached hydrogens (tertiary/aromatic N) is 1. The fourth-order valence-electron chi connectivity index (χ4n) is 1.42. The van der Waals surface area contributed by atoms with Gasteiger partial charge in [-0.15, -0.1) is 0 Å². The number of hydrogen-bond acceptors (Lipinski definition) is 3. The lowest BCUT2D eigenvalue weighted by Gasteiger charge is -1.99. The SMILES string of the molecule is COc1ccc(/C=C/c2ccc(N)nc2)cc1. The van der Waals surface area contributed by atoms with Gasteiger partial charge in [0.1, 0.15) is 11.6 Å². The van der Waals surface area contributed by atoms with Gasteiger partial charge in [-0.05, 0) is 35.4 Å². The molecule has 0 aliphatic heterocycles. The van der Waals surface area contributed by atoms with Crippen molar-refractivity contribution in [1.82, 2.24) is 4.98 Å². The highest BCUT2D eigenvalue weighted by molar-refractivity contribution is 5.69. The van der Waals surface area contributed by atoms with E-state index in [0.29, 0.717) is 5.82 Å². The van der Waals surface area contributed by atoms with Crippen LogP contribution in [0.2, 0.25) is 0 Å². The smallest absolute Gasteiger partial charge is 0.123 e. The second-order valence-corrected chi connectivity index (χ2v) is 3.62. The number of anilines is 1. The van der Waals surface area contributed by atoms with E-state index in [1.54, 1.807) is 19.4 Å². The molecular formula is C14H14N2O. The molecule has 3 heteroatoms. The summed E-state index contributed by atoms with van der Waals surface area (Å²) in [5.74, 6) is 1.39. The van der Waals surface area contributed by atoms with Crippen LogP contribution in [0.1, 0.15) is 11.1 Å². The van der Waals surface area contributed by atoms with E-state index in [1.807, 2.05) is 42.5 Å². The molecule has 0 bridgehead atoms. The van der Waals surface area contributed by atoms with E-state index in [0.717, 1.165) is 16.9 Å². The Hall–Kier alpha value is -2.29. The van der Waals surface area contributed by atoms with Gasteiger partial charge < -0.3 is 10.5 Å². The van der Waals surface area contributed by atoms with Crippen LogP contribution < -0.4 is 10.5 Å². The van der Waals surface area contributed by atoms with Crippen molar-refractivity contribution in [3.8, 4) is 5.75 Å². The number of rotatable bonds is 3. The van der Waals surface area contributed by atoms with Crippen LogP contribution in [0.15, 0.2) is 42.6 Å². The summed E-state index contributed by atoms with van der Waals surface area (Å²) >= 11 is 0. The number of aromatic nitrogens is 1. The minimum absolute atomic E-state index is 0.534. The normalized spacial score (nSPS) is 10.6. The molecule has 17 heavy (non-hydrogen) atoms. The van der Waals surface area contributed by atoms with E-state index >= 15 is 0 Å². The van der Waals surface area contributed by atoms with Crippen LogP contribution in [0, 0.1) is 0 Å². The second kappa shape index (κ2) is 5.16. The average molecular weight is 226 g/mol. The highest BCUT2D eigenvalue weighted by Gasteiger charge is 1.91. The Morgan fingerprint density at radius 2 is 1.65 bits per heavy atom. The summed E-state index contributed by atoms with van der Waals surface area (Å²) in [6.07, 6.45) is 5.76. The molecule has 2 aromatic rings. The highest BCUT2D eigenvalue weighted by Crippen LogP contribution is 2.13. The molecule has 2 N–H and O–H groups in total. The standard InChI is InChI=1S/C14H14N2O/c1-17-13-7-4-11(5-8-13)2-3-12-6-9-14(15)16-10-12/h2-10H,1H3,(H2,15,16)/b3-2+. The zero-order valence-electron chi connectivity index (χ0n) is 9.63. The van der Waals surface area contributed by atoms with E-state index in [4.69, 9.17) is 10.5 Å². The molecule has 0 radical (unpaired) electrons. The van der Waals surface area contributed by atoms with Crippen LogP contribution in [-0.4, -0.2) is 12.1 Å². The number of nitrogens with two attached hydrogens (primary N) is 1. The van der Waals surface area contributed by atoms with Crippen molar-refractivity contribution in [2.75, 3.05) is 12.8 Å². The molecule has 0 unspecified atom stereocenters. The van der Waals surface area contributed by atoms with Crippen LogP contribution >= 0.6 is 0 Å². The van der Waals surface area contributed by atoms with Gasteiger partial charge in [-0.25, -0.2) is 4.98 Å². The lowest BCUT2D eigenvalue weighted by atomic mass is 10.1. The van der Waals surface area contributed by atoms with Crippen molar-refractivity contribution < 1.29 is 4.74 Å². The van der Waals surface area contributed by atoms with Crippen LogP contribution in [0.4, 0.5) is 5.82 Å². The molecule has 0 atom stereocenters. The average Bonchev–Trinajstić information content (AvgIpc) is 2.39. The first-order valence-electron chi connectivity index (χ1n) is 5.31. The summed E-state index contributed by atoms with van der Waals surface area (Å²) in [5.41, 5.74) is 7.65. The highest BCUT2D eigenvalue weighted by atomic mass is 16.5. The minimum Gasteiger partial charge on any atom is -0.497 e. The lowest BCUT2D eigenvalue weighted by Crippen LogP contribution is -1.88. The van der Waals surface area contributed by atoms with Crippen molar-refractivity contribution >= 4 is 18.0 Å². The van der Waals surface area contributed by atoms with E-state index in [1.165, 1.54) is 0 Å². The van der Waals surface area contributed by atoms with Crippen molar-refractivity contribution in [1.29, 1.82) is 0 Å². The first-order valence-corrected chi connectivity index (χ1v) is 5.31. The third-order valence-electron chi connectivity index (χ3n) is 2.39. The Labute approximate surface area is 101 Å². The molecule has 0 spiro atoms. The molecule has 86 valence electrons. The summed E-state index contributed by atoms with van der Waals surface area (Å²) in [4.78, 5) is 4.03. The first kappa shape index (κ1) is 11.2. The van der Waals surface area contributed by atoms with E-state index < -0.39 is 0 Å². The molecule has 2 rings (SSSR count). The van der Waals surface area contributed by atoms with Crippen molar-refractivity contribution in [2.45, 2.75) is 0 Å². The van der Waals surface area contributed by atoms with Crippen molar-refractivity contribution in [2.24, 2.45) is 0 Å². The fourth-order valence-corrected chi connectivity index (χ4v) is 1.42. The van der Waals surface area contributed by atoms with Gasteiger partial charge in [0.15, 0.2) is 0 Å². The Morgan fingerprint density at radius 3 is 2.24 bits per heavy atom. The Balaban J connectivity index is 2.11. The number of ether oxygens (including phenoxy) is 1. The largest absolute Gasteiger partial charge is 0.497 e. The number of nitrogen functional groups attached to an aromatic ring is 1. The van der Waals surface area contributed by atoms with E-state index in [2.05, 4.69) is 4.98 Å². The van der Waals surface area contributed by atoms with Gasteiger partial charge in [0.05, 0.1) is 7.11 Å². The second-order valence-electron chi connectivity index (χ2n) is 3.62. The zero-order valence-corrected chi connectivity index (χ0v) is 9.63. The Kier molecular flexibility index (Phi) is 3.40. The van der Waals surface area contributed by atoms with Gasteiger partial charge in [-0.2, -0.15) is 0 Å². The van der Waals surface area contributed by atoms with Gasteiger partial charge in [0.2, 0.25) is 0 Å². The van der Waals surface area contributed by atoms with Crippen LogP contribution in [0.5, 0.6) is 5.75 Å². The third-order valence-corrected chi connectivity index (χ3v) is 2.39. The van der Waals surface area contributed by atoms with Gasteiger partial charge >= 0.3 is 0 Å². The quantitative estimate of drug-likeness (QED) is 0.875. The van der Waals surface area contributed by atoms with E-state index in [-0.39, 0.29) is 0 Å². The maximum absolute atomic E-state index is 5.52. The van der Waals surface area contributed by atoms with Gasteiger partial charge in [-0.1, -0.05) is 24.3 Å². The van der Waals surface area contributed by atoms with Crippen LogP contribution in [-0.2, 0) is 0 Å². The first-order chi connectivity index (χ1) is 8.28. The van der Waals surface area contributed by atoms with Gasteiger partial charge in [0, 0.05) is 6.20 Å². The maximum atomic E-state index is 5.52. The minimum atomic E-state index is 0.534. The third kappa shape index (κ3) is 3.08. The van der Waals surface area contributed by atoms with E-state index in [9.17, 15) is 0 Å². The monoisotopic (exact) mass is 226 g/mol. The Bertz CT molecular complexity index is 501. The number of pyridine rings is 1. The summed E-state index contributed by atoms with van der Waals surface area (Å²) in [6.45, 7) is 0. The van der Waals surface area contributed by atoms with Crippen molar-refractivity contribution in [3.63, 3.8) is 0 Å². The molecule has 1 aromatic carbocycles. The molecule has 0 amide bonds. The number of methoxy groups -OCH3 is 1. The fraction of sp³-hybridized carbons (Fsp3) is 0.0714. The van der Waals surface area contributed by atoms with Crippen molar-refractivity contribution in [3.05, 3.63) is 53.7 Å². The number of benzene rings is 1. The molecule has 0 saturated carbocycles. The molecule has 0 aliphatic rings. The zero-order chi connectivity index (χ0) is 12.1. The molecular weight excluding hydrogens is 212 g/mol. The van der Waals surface area contributed by atoms with Crippen LogP contribution in [0.25, 0.3) is 12.2 Å². The molecule has 0 fully saturated rings. The molecule has 1 aromatic heterocycles.